The Balaban J connectivity index is 3.48. The number of rotatable bonds is 23. The van der Waals surface area contributed by atoms with Crippen LogP contribution in [0.25, 0.3) is 0 Å². The number of nitrogens with one attached hydrogen (secondary N) is 1. The fraction of sp³-hybridized carbons (Fsp3) is 0.885. The smallest absolute Gasteiger partial charge is 0.220 e. The number of aliphatic hydroxyl groups is 2. The lowest BCUT2D eigenvalue weighted by atomic mass is 10.1. The summed E-state index contributed by atoms with van der Waals surface area (Å²) in [5.74, 6) is 0.122. The molecule has 1 unspecified atom stereocenters. The van der Waals surface area contributed by atoms with Gasteiger partial charge < -0.3 is 15.5 Å². The van der Waals surface area contributed by atoms with E-state index in [1.54, 1.807) is 6.92 Å². The summed E-state index contributed by atoms with van der Waals surface area (Å²) in [6, 6.07) is 0. The van der Waals surface area contributed by atoms with Crippen LogP contribution in [-0.2, 0) is 4.79 Å². The molecule has 3 N–H and O–H groups in total. The van der Waals surface area contributed by atoms with Crippen LogP contribution in [0.15, 0.2) is 12.2 Å². The molecule has 0 rings (SSSR count). The molecule has 0 aromatic rings. The number of hydrogen-bond donors (Lipinski definition) is 3. The fourth-order valence-corrected chi connectivity index (χ4v) is 3.76. The van der Waals surface area contributed by atoms with Gasteiger partial charge in [-0.3, -0.25) is 9.69 Å². The van der Waals surface area contributed by atoms with Gasteiger partial charge in [0.25, 0.3) is 0 Å². The Morgan fingerprint density at radius 3 is 2.03 bits per heavy atom. The second-order valence-electron chi connectivity index (χ2n) is 8.91. The van der Waals surface area contributed by atoms with Gasteiger partial charge in [-0.15, -0.1) is 0 Å². The van der Waals surface area contributed by atoms with Gasteiger partial charge in [0.15, 0.2) is 0 Å². The van der Waals surface area contributed by atoms with Crippen LogP contribution in [-0.4, -0.2) is 59.9 Å². The Hall–Kier alpha value is -0.910. The maximum Gasteiger partial charge on any atom is 0.220 e. The van der Waals surface area contributed by atoms with Crippen molar-refractivity contribution in [1.82, 2.24) is 10.2 Å². The molecule has 0 aromatic carbocycles. The van der Waals surface area contributed by atoms with Crippen LogP contribution >= 0.6 is 0 Å². The van der Waals surface area contributed by atoms with E-state index in [9.17, 15) is 9.90 Å². The molecule has 1 atom stereocenters. The molecule has 0 spiro atoms. The largest absolute Gasteiger partial charge is 0.396 e. The summed E-state index contributed by atoms with van der Waals surface area (Å²) in [6.07, 6.45) is 22.0. The van der Waals surface area contributed by atoms with Gasteiger partial charge in [-0.2, -0.15) is 0 Å². The summed E-state index contributed by atoms with van der Waals surface area (Å²) in [5, 5.41) is 21.5. The van der Waals surface area contributed by atoms with Crippen LogP contribution in [0.2, 0.25) is 0 Å². The zero-order valence-electron chi connectivity index (χ0n) is 20.6. The third-order valence-electron chi connectivity index (χ3n) is 5.57. The highest BCUT2D eigenvalue weighted by Crippen LogP contribution is 2.10. The van der Waals surface area contributed by atoms with E-state index < -0.39 is 6.10 Å². The molecule has 0 saturated carbocycles. The predicted molar refractivity (Wildman–Crippen MR) is 132 cm³/mol. The molecule has 5 heteroatoms. The molecule has 184 valence electrons. The van der Waals surface area contributed by atoms with E-state index in [4.69, 9.17) is 5.11 Å². The van der Waals surface area contributed by atoms with E-state index in [1.165, 1.54) is 70.6 Å². The third-order valence-corrected chi connectivity index (χ3v) is 5.57. The van der Waals surface area contributed by atoms with Crippen LogP contribution in [0.3, 0.4) is 0 Å². The molecule has 1 amide bonds. The standard InChI is InChI=1S/C26H52N2O3/c1-3-4-5-6-7-8-9-10-11-12-13-14-15-16-17-19-26(31)27-20-22-28(21-18-23-29)24-25(2)30/h10-11,25,29-30H,3-9,12-24H2,1-2H3,(H,27,31). The lowest BCUT2D eigenvalue weighted by Crippen LogP contribution is -2.39. The minimum atomic E-state index is -0.398. The summed E-state index contributed by atoms with van der Waals surface area (Å²) < 4.78 is 0. The third kappa shape index (κ3) is 23.6. The van der Waals surface area contributed by atoms with Gasteiger partial charge in [0.05, 0.1) is 6.10 Å². The van der Waals surface area contributed by atoms with Crippen LogP contribution in [0, 0.1) is 0 Å². The number of carbonyl (C=O) groups excluding carboxylic acids is 1. The quantitative estimate of drug-likeness (QED) is 0.151. The van der Waals surface area contributed by atoms with Gasteiger partial charge >= 0.3 is 0 Å². The van der Waals surface area contributed by atoms with E-state index in [0.29, 0.717) is 32.5 Å². The van der Waals surface area contributed by atoms with Gasteiger partial charge in [-0.25, -0.2) is 0 Å². The monoisotopic (exact) mass is 440 g/mol. The molecule has 0 aromatic heterocycles. The first-order valence-corrected chi connectivity index (χ1v) is 13.0. The number of aliphatic hydroxyl groups excluding tert-OH is 2. The molecule has 0 bridgehead atoms. The molecule has 0 fully saturated rings. The summed E-state index contributed by atoms with van der Waals surface area (Å²) in [5.41, 5.74) is 0. The molecule has 0 aliphatic carbocycles. The SMILES string of the molecule is CCCCCCCCC=CCCCCCCCC(=O)NCCN(CCCO)CC(C)O. The topological polar surface area (TPSA) is 72.8 Å². The first-order chi connectivity index (χ1) is 15.1. The van der Waals surface area contributed by atoms with E-state index >= 15 is 0 Å². The summed E-state index contributed by atoms with van der Waals surface area (Å²) in [4.78, 5) is 14.1. The van der Waals surface area contributed by atoms with Crippen molar-refractivity contribution in [2.75, 3.05) is 32.8 Å². The molecule has 31 heavy (non-hydrogen) atoms. The van der Waals surface area contributed by atoms with E-state index in [-0.39, 0.29) is 12.5 Å². The molecule has 5 nitrogen and oxygen atoms in total. The van der Waals surface area contributed by atoms with Crippen molar-refractivity contribution in [3.8, 4) is 0 Å². The first kappa shape index (κ1) is 30.1. The average molecular weight is 441 g/mol. The van der Waals surface area contributed by atoms with Crippen molar-refractivity contribution in [2.24, 2.45) is 0 Å². The summed E-state index contributed by atoms with van der Waals surface area (Å²) in [6.45, 7) is 6.80. The summed E-state index contributed by atoms with van der Waals surface area (Å²) >= 11 is 0. The van der Waals surface area contributed by atoms with Gasteiger partial charge in [0.1, 0.15) is 0 Å². The Kier molecular flexibility index (Phi) is 23.0. The van der Waals surface area contributed by atoms with Gasteiger partial charge in [-0.1, -0.05) is 70.4 Å². The molecular weight excluding hydrogens is 388 g/mol. The Morgan fingerprint density at radius 2 is 1.45 bits per heavy atom. The van der Waals surface area contributed by atoms with Crippen molar-refractivity contribution in [2.45, 2.75) is 116 Å². The van der Waals surface area contributed by atoms with Crippen molar-refractivity contribution in [3.05, 3.63) is 12.2 Å². The maximum atomic E-state index is 12.0. The van der Waals surface area contributed by atoms with Crippen molar-refractivity contribution in [1.29, 1.82) is 0 Å². The minimum absolute atomic E-state index is 0.122. The van der Waals surface area contributed by atoms with Crippen molar-refractivity contribution >= 4 is 5.91 Å². The summed E-state index contributed by atoms with van der Waals surface area (Å²) in [7, 11) is 0. The zero-order chi connectivity index (χ0) is 23.0. The van der Waals surface area contributed by atoms with Crippen LogP contribution in [0.5, 0.6) is 0 Å². The zero-order valence-corrected chi connectivity index (χ0v) is 20.6. The molecular formula is C26H52N2O3. The van der Waals surface area contributed by atoms with Crippen LogP contribution < -0.4 is 5.32 Å². The number of nitrogens with zero attached hydrogens (tertiary/aromatic N) is 1. The molecule has 0 radical (unpaired) electrons. The minimum Gasteiger partial charge on any atom is -0.396 e. The van der Waals surface area contributed by atoms with E-state index in [2.05, 4.69) is 29.3 Å². The molecule has 0 aliphatic heterocycles. The molecule has 0 saturated heterocycles. The van der Waals surface area contributed by atoms with E-state index in [1.807, 2.05) is 0 Å². The highest BCUT2D eigenvalue weighted by Gasteiger charge is 2.08. The Morgan fingerprint density at radius 1 is 0.871 bits per heavy atom. The Bertz CT molecular complexity index is 413. The number of carbonyl (C=O) groups is 1. The molecule has 0 aliphatic rings. The van der Waals surface area contributed by atoms with Gasteiger partial charge in [-0.05, 0) is 45.4 Å². The number of unbranched alkanes of at least 4 members (excludes halogenated alkanes) is 11. The second-order valence-corrected chi connectivity index (χ2v) is 8.91. The number of allylic oxidation sites excluding steroid dienone is 2. The maximum absolute atomic E-state index is 12.0. The van der Waals surface area contributed by atoms with Gasteiger partial charge in [0.2, 0.25) is 5.91 Å². The highest BCUT2D eigenvalue weighted by molar-refractivity contribution is 5.75. The molecule has 0 heterocycles. The van der Waals surface area contributed by atoms with Crippen LogP contribution in [0.1, 0.15) is 110 Å². The number of hydrogen-bond acceptors (Lipinski definition) is 4. The number of amides is 1. The predicted octanol–water partition coefficient (Wildman–Crippen LogP) is 5.21. The van der Waals surface area contributed by atoms with Gasteiger partial charge in [0, 0.05) is 39.2 Å². The van der Waals surface area contributed by atoms with E-state index in [0.717, 1.165) is 19.4 Å². The normalized spacial score (nSPS) is 12.7. The highest BCUT2D eigenvalue weighted by atomic mass is 16.3. The fourth-order valence-electron chi connectivity index (χ4n) is 3.76. The van der Waals surface area contributed by atoms with Crippen LogP contribution in [0.4, 0.5) is 0 Å². The second kappa shape index (κ2) is 23.7. The van der Waals surface area contributed by atoms with Crippen molar-refractivity contribution < 1.29 is 15.0 Å². The lowest BCUT2D eigenvalue weighted by molar-refractivity contribution is -0.121. The van der Waals surface area contributed by atoms with Crippen molar-refractivity contribution in [3.63, 3.8) is 0 Å². The lowest BCUT2D eigenvalue weighted by Gasteiger charge is -2.23. The first-order valence-electron chi connectivity index (χ1n) is 13.0. The average Bonchev–Trinajstić information content (AvgIpc) is 2.74. The Labute approximate surface area is 192 Å².